The third-order valence-corrected chi connectivity index (χ3v) is 4.85. The van der Waals surface area contributed by atoms with E-state index in [4.69, 9.17) is 10.5 Å². The van der Waals surface area contributed by atoms with Crippen molar-refractivity contribution in [2.45, 2.75) is 13.0 Å². The van der Waals surface area contributed by atoms with Gasteiger partial charge in [0.15, 0.2) is 0 Å². The van der Waals surface area contributed by atoms with Crippen LogP contribution in [0, 0.1) is 6.92 Å². The third-order valence-electron chi connectivity index (χ3n) is 4.85. The van der Waals surface area contributed by atoms with Crippen LogP contribution in [0.3, 0.4) is 0 Å². The molecule has 2 N–H and O–H groups in total. The van der Waals surface area contributed by atoms with Gasteiger partial charge in [0.1, 0.15) is 5.75 Å². The summed E-state index contributed by atoms with van der Waals surface area (Å²) < 4.78 is 5.25. The smallest absolute Gasteiger partial charge is 0.118 e. The van der Waals surface area contributed by atoms with Gasteiger partial charge in [-0.3, -0.25) is 4.90 Å². The van der Waals surface area contributed by atoms with Gasteiger partial charge in [0.25, 0.3) is 0 Å². The summed E-state index contributed by atoms with van der Waals surface area (Å²) in [5, 5.41) is 0. The SMILES string of the molecule is COc1ccc(C(CN)N2CCN(c3cccc(C)c3)CC2)cc1. The zero-order valence-corrected chi connectivity index (χ0v) is 14.6. The minimum Gasteiger partial charge on any atom is -0.497 e. The number of methoxy groups -OCH3 is 1. The molecule has 1 heterocycles. The van der Waals surface area contributed by atoms with Crippen molar-refractivity contribution in [3.8, 4) is 5.75 Å². The Hall–Kier alpha value is -2.04. The lowest BCUT2D eigenvalue weighted by Crippen LogP contribution is -2.49. The molecule has 128 valence electrons. The number of benzene rings is 2. The van der Waals surface area contributed by atoms with E-state index in [-0.39, 0.29) is 6.04 Å². The Kier molecular flexibility index (Phi) is 5.38. The van der Waals surface area contributed by atoms with E-state index in [1.165, 1.54) is 16.8 Å². The number of nitrogens with two attached hydrogens (primary N) is 1. The predicted molar refractivity (Wildman–Crippen MR) is 99.8 cm³/mol. The molecular formula is C20H27N3O. The van der Waals surface area contributed by atoms with Crippen LogP contribution in [0.4, 0.5) is 5.69 Å². The Bertz CT molecular complexity index is 648. The first-order valence-electron chi connectivity index (χ1n) is 8.61. The van der Waals surface area contributed by atoms with E-state index < -0.39 is 0 Å². The molecule has 3 rings (SSSR count). The molecule has 1 unspecified atom stereocenters. The molecule has 1 atom stereocenters. The summed E-state index contributed by atoms with van der Waals surface area (Å²) in [6.45, 7) is 6.92. The summed E-state index contributed by atoms with van der Waals surface area (Å²) in [6.07, 6.45) is 0. The van der Waals surface area contributed by atoms with Crippen molar-refractivity contribution in [3.63, 3.8) is 0 Å². The monoisotopic (exact) mass is 325 g/mol. The number of rotatable bonds is 5. The molecule has 2 aromatic rings. The molecule has 0 radical (unpaired) electrons. The number of anilines is 1. The van der Waals surface area contributed by atoms with E-state index in [0.29, 0.717) is 6.54 Å². The molecule has 0 amide bonds. The average molecular weight is 325 g/mol. The van der Waals surface area contributed by atoms with E-state index >= 15 is 0 Å². The maximum atomic E-state index is 6.09. The molecule has 4 heteroatoms. The van der Waals surface area contributed by atoms with Gasteiger partial charge in [-0.15, -0.1) is 0 Å². The third kappa shape index (κ3) is 3.71. The van der Waals surface area contributed by atoms with Crippen LogP contribution in [0.25, 0.3) is 0 Å². The normalized spacial score (nSPS) is 16.9. The summed E-state index contributed by atoms with van der Waals surface area (Å²) >= 11 is 0. The second-order valence-corrected chi connectivity index (χ2v) is 6.39. The van der Waals surface area contributed by atoms with Crippen LogP contribution in [0.2, 0.25) is 0 Å². The first kappa shape index (κ1) is 16.8. The quantitative estimate of drug-likeness (QED) is 0.918. The van der Waals surface area contributed by atoms with Crippen LogP contribution < -0.4 is 15.4 Å². The molecule has 1 aliphatic heterocycles. The Morgan fingerprint density at radius 1 is 1.04 bits per heavy atom. The van der Waals surface area contributed by atoms with E-state index in [9.17, 15) is 0 Å². The first-order chi connectivity index (χ1) is 11.7. The number of nitrogens with zero attached hydrogens (tertiary/aromatic N) is 2. The summed E-state index contributed by atoms with van der Waals surface area (Å²) in [5.41, 5.74) is 9.99. The Balaban J connectivity index is 1.65. The highest BCUT2D eigenvalue weighted by atomic mass is 16.5. The van der Waals surface area contributed by atoms with Crippen molar-refractivity contribution in [2.24, 2.45) is 5.73 Å². The lowest BCUT2D eigenvalue weighted by Gasteiger charge is -2.40. The summed E-state index contributed by atoms with van der Waals surface area (Å²) in [4.78, 5) is 4.96. The molecule has 24 heavy (non-hydrogen) atoms. The molecular weight excluding hydrogens is 298 g/mol. The fourth-order valence-corrected chi connectivity index (χ4v) is 3.44. The predicted octanol–water partition coefficient (Wildman–Crippen LogP) is 2.83. The van der Waals surface area contributed by atoms with Gasteiger partial charge in [0, 0.05) is 44.5 Å². The summed E-state index contributed by atoms with van der Waals surface area (Å²) in [7, 11) is 1.69. The largest absolute Gasteiger partial charge is 0.497 e. The molecule has 2 aromatic carbocycles. The highest BCUT2D eigenvalue weighted by Crippen LogP contribution is 2.25. The fourth-order valence-electron chi connectivity index (χ4n) is 3.44. The lowest BCUT2D eigenvalue weighted by molar-refractivity contribution is 0.190. The Morgan fingerprint density at radius 2 is 1.75 bits per heavy atom. The maximum absolute atomic E-state index is 6.09. The topological polar surface area (TPSA) is 41.7 Å². The van der Waals surface area contributed by atoms with Gasteiger partial charge in [-0.05, 0) is 42.3 Å². The number of aryl methyl sites for hydroxylation is 1. The van der Waals surface area contributed by atoms with Crippen molar-refractivity contribution in [1.82, 2.24) is 4.90 Å². The van der Waals surface area contributed by atoms with Crippen LogP contribution in [0.15, 0.2) is 48.5 Å². The van der Waals surface area contributed by atoms with Gasteiger partial charge in [-0.2, -0.15) is 0 Å². The Morgan fingerprint density at radius 3 is 2.33 bits per heavy atom. The van der Waals surface area contributed by atoms with Crippen LogP contribution in [0.1, 0.15) is 17.2 Å². The lowest BCUT2D eigenvalue weighted by atomic mass is 10.0. The van der Waals surface area contributed by atoms with E-state index in [0.717, 1.165) is 31.9 Å². The van der Waals surface area contributed by atoms with Gasteiger partial charge in [-0.1, -0.05) is 24.3 Å². The molecule has 1 fully saturated rings. The van der Waals surface area contributed by atoms with Crippen molar-refractivity contribution in [1.29, 1.82) is 0 Å². The second kappa shape index (κ2) is 7.69. The first-order valence-corrected chi connectivity index (χ1v) is 8.61. The highest BCUT2D eigenvalue weighted by Gasteiger charge is 2.24. The van der Waals surface area contributed by atoms with Crippen molar-refractivity contribution >= 4 is 5.69 Å². The number of piperazine rings is 1. The number of hydrogen-bond donors (Lipinski definition) is 1. The minimum absolute atomic E-state index is 0.274. The molecule has 4 nitrogen and oxygen atoms in total. The molecule has 1 aliphatic rings. The van der Waals surface area contributed by atoms with Crippen LogP contribution >= 0.6 is 0 Å². The van der Waals surface area contributed by atoms with Gasteiger partial charge in [0.2, 0.25) is 0 Å². The Labute approximate surface area is 144 Å². The molecule has 0 bridgehead atoms. The zero-order valence-electron chi connectivity index (χ0n) is 14.6. The van der Waals surface area contributed by atoms with Crippen LogP contribution in [-0.2, 0) is 0 Å². The van der Waals surface area contributed by atoms with Crippen molar-refractivity contribution < 1.29 is 4.74 Å². The van der Waals surface area contributed by atoms with Crippen molar-refractivity contribution in [3.05, 3.63) is 59.7 Å². The highest BCUT2D eigenvalue weighted by molar-refractivity contribution is 5.48. The average Bonchev–Trinajstić information content (AvgIpc) is 2.63. The molecule has 1 saturated heterocycles. The van der Waals surface area contributed by atoms with Crippen LogP contribution in [-0.4, -0.2) is 44.7 Å². The van der Waals surface area contributed by atoms with Gasteiger partial charge in [-0.25, -0.2) is 0 Å². The standard InChI is InChI=1S/C20H27N3O/c1-16-4-3-5-18(14-16)22-10-12-23(13-11-22)20(15-21)17-6-8-19(24-2)9-7-17/h3-9,14,20H,10-13,15,21H2,1-2H3. The minimum atomic E-state index is 0.274. The molecule has 0 saturated carbocycles. The summed E-state index contributed by atoms with van der Waals surface area (Å²) in [5.74, 6) is 0.888. The van der Waals surface area contributed by atoms with E-state index in [1.807, 2.05) is 12.1 Å². The summed E-state index contributed by atoms with van der Waals surface area (Å²) in [6, 6.07) is 17.3. The van der Waals surface area contributed by atoms with Gasteiger partial charge in [0.05, 0.1) is 7.11 Å². The van der Waals surface area contributed by atoms with Crippen LogP contribution in [0.5, 0.6) is 5.75 Å². The van der Waals surface area contributed by atoms with Gasteiger partial charge >= 0.3 is 0 Å². The van der Waals surface area contributed by atoms with E-state index in [1.54, 1.807) is 7.11 Å². The number of ether oxygens (including phenoxy) is 1. The van der Waals surface area contributed by atoms with Gasteiger partial charge < -0.3 is 15.4 Å². The van der Waals surface area contributed by atoms with Crippen molar-refractivity contribution in [2.75, 3.05) is 44.7 Å². The maximum Gasteiger partial charge on any atom is 0.118 e. The zero-order chi connectivity index (χ0) is 16.9. The number of hydrogen-bond acceptors (Lipinski definition) is 4. The molecule has 0 spiro atoms. The molecule has 0 aromatic heterocycles. The second-order valence-electron chi connectivity index (χ2n) is 6.39. The van der Waals surface area contributed by atoms with E-state index in [2.05, 4.69) is 53.1 Å². The fraction of sp³-hybridized carbons (Fsp3) is 0.400. The molecule has 0 aliphatic carbocycles.